The van der Waals surface area contributed by atoms with Crippen molar-refractivity contribution in [2.45, 2.75) is 62.7 Å². The van der Waals surface area contributed by atoms with E-state index in [0.29, 0.717) is 61.8 Å². The number of hydrogen-bond donors (Lipinski definition) is 1. The summed E-state index contributed by atoms with van der Waals surface area (Å²) in [6, 6.07) is 5.80. The first kappa shape index (κ1) is 27.1. The molecular weight excluding hydrogens is 538 g/mol. The Morgan fingerprint density at radius 2 is 1.93 bits per heavy atom. The lowest BCUT2D eigenvalue weighted by molar-refractivity contribution is -0.00212. The normalized spacial score (nSPS) is 23.3. The Morgan fingerprint density at radius 3 is 2.73 bits per heavy atom. The molecule has 11 heteroatoms. The number of hydrogen-bond acceptors (Lipinski definition) is 5. The average Bonchev–Trinajstić information content (AvgIpc) is 3.41. The smallest absolute Gasteiger partial charge is 0.320 e. The highest BCUT2D eigenvalue weighted by atomic mass is 35.5. The van der Waals surface area contributed by atoms with E-state index in [1.807, 2.05) is 4.90 Å². The molecule has 2 saturated heterocycles. The lowest BCUT2D eigenvalue weighted by Crippen LogP contribution is -2.64. The van der Waals surface area contributed by atoms with Gasteiger partial charge in [0.1, 0.15) is 17.3 Å². The molecule has 2 N–H and O–H groups in total. The van der Waals surface area contributed by atoms with E-state index in [-0.39, 0.29) is 28.7 Å². The fourth-order valence-corrected chi connectivity index (χ4v) is 6.96. The monoisotopic (exact) mass is 570 g/mol. The van der Waals surface area contributed by atoms with Crippen molar-refractivity contribution in [3.63, 3.8) is 0 Å². The van der Waals surface area contributed by atoms with Gasteiger partial charge in [-0.05, 0) is 56.0 Å². The Labute approximate surface area is 236 Å². The second-order valence-corrected chi connectivity index (χ2v) is 11.8. The topological polar surface area (TPSA) is 87.2 Å². The molecule has 1 saturated carbocycles. The molecule has 8 nitrogen and oxygen atoms in total. The van der Waals surface area contributed by atoms with Crippen LogP contribution < -0.4 is 11.3 Å². The molecule has 212 valence electrons. The van der Waals surface area contributed by atoms with Crippen LogP contribution in [-0.4, -0.2) is 67.9 Å². The summed E-state index contributed by atoms with van der Waals surface area (Å²) in [6.07, 6.45) is 8.11. The lowest BCUT2D eigenvalue weighted by atomic mass is 9.90. The lowest BCUT2D eigenvalue weighted by Gasteiger charge is -2.51. The number of urea groups is 1. The number of nitrogens with zero attached hydrogens (tertiary/aromatic N) is 5. The molecule has 2 amide bonds. The van der Waals surface area contributed by atoms with Gasteiger partial charge in [0.25, 0.3) is 5.56 Å². The van der Waals surface area contributed by atoms with Crippen LogP contribution in [0.1, 0.15) is 55.7 Å². The van der Waals surface area contributed by atoms with E-state index in [1.165, 1.54) is 10.5 Å². The van der Waals surface area contributed by atoms with Gasteiger partial charge >= 0.3 is 6.03 Å². The van der Waals surface area contributed by atoms with Crippen molar-refractivity contribution in [3.05, 3.63) is 80.9 Å². The summed E-state index contributed by atoms with van der Waals surface area (Å²) in [5.74, 6) is -1.07. The average molecular weight is 571 g/mol. The summed E-state index contributed by atoms with van der Waals surface area (Å²) in [5, 5.41) is 0.461. The number of piperazine rings is 1. The number of halogens is 3. The van der Waals surface area contributed by atoms with Crippen LogP contribution in [0.2, 0.25) is 5.02 Å². The number of piperidine rings is 1. The van der Waals surface area contributed by atoms with E-state index >= 15 is 0 Å². The van der Waals surface area contributed by atoms with Crippen LogP contribution in [0.3, 0.4) is 0 Å². The van der Waals surface area contributed by atoms with Crippen molar-refractivity contribution in [2.24, 2.45) is 5.73 Å². The van der Waals surface area contributed by atoms with Crippen LogP contribution in [0, 0.1) is 11.6 Å². The van der Waals surface area contributed by atoms with Crippen LogP contribution in [0.4, 0.5) is 13.6 Å². The molecule has 2 aromatic heterocycles. The molecule has 1 spiro atoms. The number of benzene rings is 1. The van der Waals surface area contributed by atoms with Gasteiger partial charge in [-0.2, -0.15) is 0 Å². The highest BCUT2D eigenvalue weighted by Crippen LogP contribution is 2.40. The first-order valence-corrected chi connectivity index (χ1v) is 14.3. The molecule has 3 aliphatic rings. The highest BCUT2D eigenvalue weighted by Gasteiger charge is 2.46. The molecule has 2 atom stereocenters. The van der Waals surface area contributed by atoms with Crippen molar-refractivity contribution in [1.29, 1.82) is 0 Å². The first-order valence-electron chi connectivity index (χ1n) is 13.9. The van der Waals surface area contributed by atoms with Crippen LogP contribution >= 0.6 is 11.6 Å². The fourth-order valence-electron chi connectivity index (χ4n) is 6.80. The molecule has 6 rings (SSSR count). The molecule has 2 unspecified atom stereocenters. The first-order chi connectivity index (χ1) is 19.2. The zero-order chi connectivity index (χ0) is 28.0. The summed E-state index contributed by atoms with van der Waals surface area (Å²) in [5.41, 5.74) is 7.09. The van der Waals surface area contributed by atoms with E-state index in [2.05, 4.69) is 9.88 Å². The number of amides is 2. The Kier molecular flexibility index (Phi) is 7.27. The van der Waals surface area contributed by atoms with Crippen molar-refractivity contribution in [2.75, 3.05) is 26.2 Å². The van der Waals surface area contributed by atoms with Crippen LogP contribution in [-0.2, 0) is 6.54 Å². The third-order valence-electron chi connectivity index (χ3n) is 8.90. The molecule has 2 aliphatic heterocycles. The van der Waals surface area contributed by atoms with Gasteiger partial charge in [0.15, 0.2) is 0 Å². The zero-order valence-corrected chi connectivity index (χ0v) is 23.0. The van der Waals surface area contributed by atoms with Crippen molar-refractivity contribution < 1.29 is 13.6 Å². The molecule has 3 aromatic rings. The Hall–Kier alpha value is -3.08. The van der Waals surface area contributed by atoms with Gasteiger partial charge in [-0.1, -0.05) is 24.4 Å². The van der Waals surface area contributed by atoms with E-state index in [1.54, 1.807) is 29.4 Å². The maximum atomic E-state index is 14.8. The maximum absolute atomic E-state index is 14.8. The minimum absolute atomic E-state index is 0.149. The SMILES string of the molecule is NC1CCN(C(=O)N2CCN(Cc3cnc4ccc(Cl)cn4c3=O)C3(CCCC3)C2)C(c2cc(F)ccc2F)C1. The van der Waals surface area contributed by atoms with Gasteiger partial charge in [-0.25, -0.2) is 18.6 Å². The van der Waals surface area contributed by atoms with Gasteiger partial charge in [-0.3, -0.25) is 14.1 Å². The van der Waals surface area contributed by atoms with E-state index in [4.69, 9.17) is 17.3 Å². The molecule has 3 fully saturated rings. The van der Waals surface area contributed by atoms with E-state index in [9.17, 15) is 18.4 Å². The number of carbonyl (C=O) groups is 1. The van der Waals surface area contributed by atoms with E-state index in [0.717, 1.165) is 37.8 Å². The fraction of sp³-hybridized carbons (Fsp3) is 0.483. The zero-order valence-electron chi connectivity index (χ0n) is 22.2. The summed E-state index contributed by atoms with van der Waals surface area (Å²) in [4.78, 5) is 37.6. The van der Waals surface area contributed by atoms with Crippen molar-refractivity contribution in [1.82, 2.24) is 24.1 Å². The van der Waals surface area contributed by atoms with Gasteiger partial charge in [0.05, 0.1) is 16.6 Å². The van der Waals surface area contributed by atoms with Crippen molar-refractivity contribution in [3.8, 4) is 0 Å². The Morgan fingerprint density at radius 1 is 1.12 bits per heavy atom. The molecule has 1 aliphatic carbocycles. The summed E-state index contributed by atoms with van der Waals surface area (Å²) in [6.45, 7) is 2.39. The predicted molar refractivity (Wildman–Crippen MR) is 148 cm³/mol. The number of nitrogens with two attached hydrogens (primary N) is 1. The molecule has 4 heterocycles. The van der Waals surface area contributed by atoms with Crippen molar-refractivity contribution >= 4 is 23.3 Å². The second kappa shape index (κ2) is 10.7. The van der Waals surface area contributed by atoms with Gasteiger partial charge in [-0.15, -0.1) is 0 Å². The Balaban J connectivity index is 1.25. The number of carbonyl (C=O) groups excluding carboxylic acids is 1. The number of aromatic nitrogens is 2. The van der Waals surface area contributed by atoms with Gasteiger partial charge < -0.3 is 15.5 Å². The summed E-state index contributed by atoms with van der Waals surface area (Å²) < 4.78 is 30.4. The number of fused-ring (bicyclic) bond motifs is 1. The number of pyridine rings is 1. The standard InChI is InChI=1S/C29H33ClF2N6O2/c30-20-3-6-26-34-15-19(27(39)38(26)17-20)16-36-12-11-35(18-29(36)8-1-2-9-29)28(40)37-10-7-22(33)14-25(37)23-13-21(31)4-5-24(23)32/h3-6,13,15,17,22,25H,1-2,7-12,14,16,18,33H2. The molecule has 40 heavy (non-hydrogen) atoms. The van der Waals surface area contributed by atoms with Crippen LogP contribution in [0.25, 0.3) is 5.65 Å². The minimum Gasteiger partial charge on any atom is -0.328 e. The maximum Gasteiger partial charge on any atom is 0.320 e. The molecular formula is C29H33ClF2N6O2. The molecule has 1 aromatic carbocycles. The summed E-state index contributed by atoms with van der Waals surface area (Å²) >= 11 is 6.13. The largest absolute Gasteiger partial charge is 0.328 e. The minimum atomic E-state index is -0.625. The quantitative estimate of drug-likeness (QED) is 0.506. The van der Waals surface area contributed by atoms with Crippen LogP contribution in [0.15, 0.2) is 47.5 Å². The highest BCUT2D eigenvalue weighted by molar-refractivity contribution is 6.30. The third-order valence-corrected chi connectivity index (χ3v) is 9.13. The van der Waals surface area contributed by atoms with E-state index < -0.39 is 17.7 Å². The van der Waals surface area contributed by atoms with Gasteiger partial charge in [0, 0.05) is 62.3 Å². The number of rotatable bonds is 3. The predicted octanol–water partition coefficient (Wildman–Crippen LogP) is 4.34. The Bertz CT molecular complexity index is 1490. The summed E-state index contributed by atoms with van der Waals surface area (Å²) in [7, 11) is 0. The second-order valence-electron chi connectivity index (χ2n) is 11.4. The third kappa shape index (κ3) is 4.97. The molecule has 0 radical (unpaired) electrons. The number of likely N-dealkylation sites (tertiary alicyclic amines) is 1. The van der Waals surface area contributed by atoms with Crippen LogP contribution in [0.5, 0.6) is 0 Å². The van der Waals surface area contributed by atoms with Gasteiger partial charge in [0.2, 0.25) is 0 Å². The molecule has 0 bridgehead atoms.